The number of carbonyl (C=O) groups is 3. The van der Waals surface area contributed by atoms with Crippen LogP contribution >= 0.6 is 0 Å². The summed E-state index contributed by atoms with van der Waals surface area (Å²) in [5.74, 6) is 1.15. The first-order chi connectivity index (χ1) is 25.5. The monoisotopic (exact) mass is 730 g/mol. The number of imide groups is 1. The predicted molar refractivity (Wildman–Crippen MR) is 197 cm³/mol. The number of likely N-dealkylation sites (tertiary alicyclic amines) is 1. The molecule has 0 radical (unpaired) electrons. The molecule has 0 spiro atoms. The van der Waals surface area contributed by atoms with Crippen LogP contribution in [0.1, 0.15) is 117 Å². The molecule has 53 heavy (non-hydrogen) atoms. The molecule has 3 aromatic heterocycles. The van der Waals surface area contributed by atoms with Crippen LogP contribution in [-0.4, -0.2) is 69.3 Å². The Morgan fingerprint density at radius 2 is 1.66 bits per heavy atom. The van der Waals surface area contributed by atoms with Crippen LogP contribution in [0.5, 0.6) is 11.5 Å². The smallest absolute Gasteiger partial charge is 0.280 e. The maximum absolute atomic E-state index is 13.0. The first kappa shape index (κ1) is 37.8. The molecular formula is C40H48F2N6O5. The van der Waals surface area contributed by atoms with E-state index >= 15 is 0 Å². The van der Waals surface area contributed by atoms with E-state index in [4.69, 9.17) is 14.5 Å². The Kier molecular flexibility index (Phi) is 12.3. The minimum Gasteiger partial charge on any atom is -0.490 e. The molecular weight excluding hydrogens is 682 g/mol. The van der Waals surface area contributed by atoms with Crippen molar-refractivity contribution in [3.63, 3.8) is 0 Å². The lowest BCUT2D eigenvalue weighted by Gasteiger charge is -2.29. The van der Waals surface area contributed by atoms with Crippen LogP contribution in [0.3, 0.4) is 0 Å². The Morgan fingerprint density at radius 1 is 0.925 bits per heavy atom. The van der Waals surface area contributed by atoms with Crippen molar-refractivity contribution in [2.24, 2.45) is 0 Å². The number of nitrogens with zero attached hydrogens (tertiary/aromatic N) is 4. The van der Waals surface area contributed by atoms with E-state index in [2.05, 4.69) is 39.7 Å². The summed E-state index contributed by atoms with van der Waals surface area (Å²) < 4.78 is 39.3. The maximum Gasteiger partial charge on any atom is 0.280 e. The van der Waals surface area contributed by atoms with Gasteiger partial charge in [0.15, 0.2) is 6.10 Å². The molecule has 3 amide bonds. The summed E-state index contributed by atoms with van der Waals surface area (Å²) in [6.07, 6.45) is 9.30. The van der Waals surface area contributed by atoms with Gasteiger partial charge < -0.3 is 24.1 Å². The number of carbonyl (C=O) groups excluding carboxylic acids is 3. The van der Waals surface area contributed by atoms with Gasteiger partial charge in [0.2, 0.25) is 5.91 Å². The van der Waals surface area contributed by atoms with Crippen LogP contribution in [0, 0.1) is 0 Å². The number of fused-ring (bicyclic) bond motifs is 1. The molecule has 282 valence electrons. The zero-order valence-corrected chi connectivity index (χ0v) is 30.5. The van der Waals surface area contributed by atoms with Crippen molar-refractivity contribution < 1.29 is 32.6 Å². The van der Waals surface area contributed by atoms with Gasteiger partial charge in [0.1, 0.15) is 28.7 Å². The highest BCUT2D eigenvalue weighted by Crippen LogP contribution is 2.34. The molecule has 1 aliphatic carbocycles. The van der Waals surface area contributed by atoms with Crippen molar-refractivity contribution in [2.75, 3.05) is 25.5 Å². The highest BCUT2D eigenvalue weighted by molar-refractivity contribution is 6.06. The lowest BCUT2D eigenvalue weighted by molar-refractivity contribution is -0.138. The molecule has 3 aliphatic rings. The number of pyridine rings is 2. The average molecular weight is 731 g/mol. The second-order valence-electron chi connectivity index (χ2n) is 14.4. The molecule has 2 aliphatic heterocycles. The third-order valence-electron chi connectivity index (χ3n) is 9.98. The molecule has 1 atom stereocenters. The number of halogens is 2. The fraction of sp³-hybridized carbons (Fsp3) is 0.475. The topological polar surface area (TPSA) is 127 Å². The summed E-state index contributed by atoms with van der Waals surface area (Å²) in [6, 6.07) is 13.9. The van der Waals surface area contributed by atoms with E-state index in [0.29, 0.717) is 41.8 Å². The van der Waals surface area contributed by atoms with Crippen molar-refractivity contribution in [1.82, 2.24) is 24.6 Å². The predicted octanol–water partition coefficient (Wildman–Crippen LogP) is 7.43. The van der Waals surface area contributed by atoms with Crippen molar-refractivity contribution >= 4 is 29.2 Å². The highest BCUT2D eigenvalue weighted by atomic mass is 19.3. The van der Waals surface area contributed by atoms with Gasteiger partial charge in [-0.2, -0.15) is 0 Å². The van der Waals surface area contributed by atoms with Crippen LogP contribution in [0.25, 0.3) is 5.65 Å². The normalized spacial score (nSPS) is 18.8. The highest BCUT2D eigenvalue weighted by Gasteiger charge is 2.28. The number of hydrogen-bond donors (Lipinski definition) is 2. The number of aromatic nitrogens is 3. The number of anilines is 1. The summed E-state index contributed by atoms with van der Waals surface area (Å²) in [7, 11) is 2.16. The van der Waals surface area contributed by atoms with Gasteiger partial charge >= 0.3 is 0 Å². The minimum absolute atomic E-state index is 0.0620. The van der Waals surface area contributed by atoms with E-state index in [9.17, 15) is 23.2 Å². The van der Waals surface area contributed by atoms with Gasteiger partial charge in [-0.05, 0) is 95.4 Å². The Labute approximate surface area is 308 Å². The summed E-state index contributed by atoms with van der Waals surface area (Å²) in [5, 5.41) is 4.91. The molecule has 5 heterocycles. The Morgan fingerprint density at radius 3 is 2.34 bits per heavy atom. The first-order valence-electron chi connectivity index (χ1n) is 18.6. The first-order valence-corrected chi connectivity index (χ1v) is 18.6. The molecule has 7 rings (SSSR count). The van der Waals surface area contributed by atoms with Crippen molar-refractivity contribution in [3.8, 4) is 11.5 Å². The molecule has 1 unspecified atom stereocenters. The third-order valence-corrected chi connectivity index (χ3v) is 9.98. The zero-order chi connectivity index (χ0) is 37.5. The molecule has 11 nitrogen and oxygen atoms in total. The van der Waals surface area contributed by atoms with Crippen LogP contribution in [-0.2, 0) is 9.59 Å². The fourth-order valence-corrected chi connectivity index (χ4v) is 7.09. The van der Waals surface area contributed by atoms with E-state index in [1.54, 1.807) is 12.3 Å². The second-order valence-corrected chi connectivity index (χ2v) is 14.4. The second kappa shape index (κ2) is 17.3. The number of nitrogens with one attached hydrogen (secondary N) is 2. The quantitative estimate of drug-likeness (QED) is 0.170. The zero-order valence-electron chi connectivity index (χ0n) is 30.5. The molecule has 2 N–H and O–H groups in total. The Hall–Kier alpha value is -4.91. The van der Waals surface area contributed by atoms with Crippen LogP contribution in [0.15, 0.2) is 60.9 Å². The lowest BCUT2D eigenvalue weighted by atomic mass is 9.87. The summed E-state index contributed by atoms with van der Waals surface area (Å²) in [4.78, 5) is 46.8. The van der Waals surface area contributed by atoms with Gasteiger partial charge in [0, 0.05) is 37.2 Å². The number of benzene rings is 1. The number of ether oxygens (including phenoxy) is 2. The van der Waals surface area contributed by atoms with Gasteiger partial charge in [-0.1, -0.05) is 37.5 Å². The van der Waals surface area contributed by atoms with E-state index in [-0.39, 0.29) is 29.3 Å². The van der Waals surface area contributed by atoms with Gasteiger partial charge in [-0.3, -0.25) is 19.7 Å². The Bertz CT molecular complexity index is 1880. The van der Waals surface area contributed by atoms with Gasteiger partial charge in [0.25, 0.3) is 18.2 Å². The van der Waals surface area contributed by atoms with E-state index < -0.39 is 24.1 Å². The van der Waals surface area contributed by atoms with Crippen molar-refractivity contribution in [2.45, 2.75) is 102 Å². The van der Waals surface area contributed by atoms with Gasteiger partial charge in [-0.15, -0.1) is 0 Å². The fourth-order valence-electron chi connectivity index (χ4n) is 7.09. The van der Waals surface area contributed by atoms with E-state index in [1.807, 2.05) is 36.6 Å². The molecule has 2 saturated heterocycles. The largest absolute Gasteiger partial charge is 0.490 e. The molecule has 1 saturated carbocycles. The number of imidazole rings is 1. The molecule has 4 aromatic rings. The number of piperidine rings is 2. The summed E-state index contributed by atoms with van der Waals surface area (Å²) in [6.45, 7) is 6.02. The van der Waals surface area contributed by atoms with E-state index in [1.165, 1.54) is 55.9 Å². The molecule has 3 fully saturated rings. The summed E-state index contributed by atoms with van der Waals surface area (Å²) in [5.41, 5.74) is 2.98. The standard InChI is InChI=1S/C23H26F2N4O2.C17H22N2O3/c1-14(2)31-19-11-21-27-18(15-7-4-3-5-8-15)13-29(21)12-16(19)23(30)28-20-10-6-9-17(26-20)22(24)25;1-19-10-8-13(9-11-19)12-2-4-14(5-3-12)22-15-6-7-16(20)18-17(15)21/h6,9-15,22H,3-5,7-8H2,1-2H3,(H,26,28,30);2-5,13,15H,6-11H2,1H3,(H,18,20,21). The molecule has 0 bridgehead atoms. The summed E-state index contributed by atoms with van der Waals surface area (Å²) >= 11 is 0. The number of rotatable bonds is 9. The minimum atomic E-state index is -2.71. The third kappa shape index (κ3) is 9.95. The Balaban J connectivity index is 0.000000192. The van der Waals surface area contributed by atoms with E-state index in [0.717, 1.165) is 31.6 Å². The van der Waals surface area contributed by atoms with Gasteiger partial charge in [-0.25, -0.2) is 18.7 Å². The van der Waals surface area contributed by atoms with Crippen LogP contribution in [0.4, 0.5) is 14.6 Å². The maximum atomic E-state index is 13.0. The molecule has 13 heteroatoms. The van der Waals surface area contributed by atoms with Crippen molar-refractivity contribution in [3.05, 3.63) is 83.4 Å². The SMILES string of the molecule is CC(C)Oc1cc2nc(C3CCCCC3)cn2cc1C(=O)Nc1cccc(C(F)F)n1.CN1CCC(c2ccc(OC3CCC(=O)NC3=O)cc2)CC1. The average Bonchev–Trinajstić information content (AvgIpc) is 3.57. The van der Waals surface area contributed by atoms with Gasteiger partial charge in [0.05, 0.1) is 17.4 Å². The van der Waals surface area contributed by atoms with Crippen LogP contribution < -0.4 is 20.1 Å². The number of amides is 3. The number of hydrogen-bond acceptors (Lipinski definition) is 8. The van der Waals surface area contributed by atoms with Crippen molar-refractivity contribution in [1.29, 1.82) is 0 Å². The van der Waals surface area contributed by atoms with Crippen LogP contribution in [0.2, 0.25) is 0 Å². The number of alkyl halides is 2. The molecule has 1 aromatic carbocycles. The lowest BCUT2D eigenvalue weighted by Crippen LogP contribution is -2.46.